The predicted molar refractivity (Wildman–Crippen MR) is 76.9 cm³/mol. The number of hydrogen-bond acceptors (Lipinski definition) is 6. The topological polar surface area (TPSA) is 84.5 Å². The second-order valence-electron chi connectivity index (χ2n) is 5.02. The lowest BCUT2D eigenvalue weighted by Crippen LogP contribution is -2.25. The van der Waals surface area contributed by atoms with Crippen LogP contribution in [-0.2, 0) is 0 Å². The summed E-state index contributed by atoms with van der Waals surface area (Å²) in [6.07, 6.45) is 1.36. The third kappa shape index (κ3) is 2.17. The number of hydrogen-bond donors (Lipinski definition) is 2. The highest BCUT2D eigenvalue weighted by atomic mass is 16.5. The smallest absolute Gasteiger partial charge is 0.213 e. The molecule has 3 heterocycles. The number of pyridine rings is 2. The molecule has 2 atom stereocenters. The molecule has 6 heteroatoms. The fourth-order valence-electron chi connectivity index (χ4n) is 2.65. The van der Waals surface area contributed by atoms with Crippen molar-refractivity contribution >= 4 is 16.7 Å². The molecule has 2 aromatic rings. The van der Waals surface area contributed by atoms with E-state index >= 15 is 0 Å². The van der Waals surface area contributed by atoms with Crippen molar-refractivity contribution in [2.24, 2.45) is 11.7 Å². The SMILES string of the molecule is COc1ccc2nccc(N3CC(O)C(CN)C3)c2n1. The average molecular weight is 274 g/mol. The van der Waals surface area contributed by atoms with Gasteiger partial charge in [-0.1, -0.05) is 0 Å². The number of nitrogens with two attached hydrogens (primary N) is 1. The molecule has 0 aliphatic carbocycles. The molecule has 6 nitrogen and oxygen atoms in total. The molecule has 106 valence electrons. The van der Waals surface area contributed by atoms with Crippen LogP contribution in [0.1, 0.15) is 0 Å². The summed E-state index contributed by atoms with van der Waals surface area (Å²) in [5.41, 5.74) is 8.25. The van der Waals surface area contributed by atoms with Gasteiger partial charge in [-0.15, -0.1) is 0 Å². The lowest BCUT2D eigenvalue weighted by atomic mass is 10.1. The summed E-state index contributed by atoms with van der Waals surface area (Å²) in [5, 5.41) is 10.0. The first-order chi connectivity index (χ1) is 9.72. The molecule has 3 N–H and O–H groups in total. The van der Waals surface area contributed by atoms with Gasteiger partial charge in [0.05, 0.1) is 24.4 Å². The molecule has 0 bridgehead atoms. The zero-order valence-corrected chi connectivity index (χ0v) is 11.4. The van der Waals surface area contributed by atoms with Crippen LogP contribution in [0.5, 0.6) is 5.88 Å². The van der Waals surface area contributed by atoms with Crippen molar-refractivity contribution in [3.05, 3.63) is 24.4 Å². The molecular formula is C14H18N4O2. The van der Waals surface area contributed by atoms with E-state index in [0.29, 0.717) is 19.0 Å². The number of anilines is 1. The summed E-state index contributed by atoms with van der Waals surface area (Å²) in [7, 11) is 1.59. The first-order valence-electron chi connectivity index (χ1n) is 6.65. The minimum atomic E-state index is -0.395. The van der Waals surface area contributed by atoms with Gasteiger partial charge in [0, 0.05) is 31.3 Å². The van der Waals surface area contributed by atoms with E-state index in [1.807, 2.05) is 12.1 Å². The second kappa shape index (κ2) is 5.22. The Morgan fingerprint density at radius 2 is 2.25 bits per heavy atom. The highest BCUT2D eigenvalue weighted by Crippen LogP contribution is 2.29. The number of aliphatic hydroxyl groups is 1. The highest BCUT2D eigenvalue weighted by Gasteiger charge is 2.31. The zero-order valence-electron chi connectivity index (χ0n) is 11.4. The van der Waals surface area contributed by atoms with Crippen molar-refractivity contribution in [3.63, 3.8) is 0 Å². The maximum atomic E-state index is 10.0. The Labute approximate surface area is 117 Å². The van der Waals surface area contributed by atoms with Crippen LogP contribution in [0.3, 0.4) is 0 Å². The van der Waals surface area contributed by atoms with Crippen molar-refractivity contribution in [1.29, 1.82) is 0 Å². The van der Waals surface area contributed by atoms with Gasteiger partial charge < -0.3 is 20.5 Å². The normalized spacial score (nSPS) is 22.4. The molecule has 20 heavy (non-hydrogen) atoms. The van der Waals surface area contributed by atoms with Gasteiger partial charge in [-0.25, -0.2) is 4.98 Å². The second-order valence-corrected chi connectivity index (χ2v) is 5.02. The van der Waals surface area contributed by atoms with Gasteiger partial charge in [0.1, 0.15) is 5.52 Å². The lowest BCUT2D eigenvalue weighted by Gasteiger charge is -2.19. The Balaban J connectivity index is 2.03. The van der Waals surface area contributed by atoms with Crippen LogP contribution in [-0.4, -0.2) is 47.9 Å². The summed E-state index contributed by atoms with van der Waals surface area (Å²) in [6, 6.07) is 5.60. The van der Waals surface area contributed by atoms with E-state index < -0.39 is 6.10 Å². The van der Waals surface area contributed by atoms with Crippen molar-refractivity contribution < 1.29 is 9.84 Å². The van der Waals surface area contributed by atoms with Crippen LogP contribution in [0.15, 0.2) is 24.4 Å². The number of nitrogens with zero attached hydrogens (tertiary/aromatic N) is 3. The van der Waals surface area contributed by atoms with E-state index in [0.717, 1.165) is 23.3 Å². The van der Waals surface area contributed by atoms with Gasteiger partial charge in [-0.2, -0.15) is 0 Å². The largest absolute Gasteiger partial charge is 0.481 e. The van der Waals surface area contributed by atoms with Gasteiger partial charge in [-0.05, 0) is 18.7 Å². The van der Waals surface area contributed by atoms with E-state index in [4.69, 9.17) is 10.5 Å². The predicted octanol–water partition coefficient (Wildman–Crippen LogP) is 0.394. The van der Waals surface area contributed by atoms with Gasteiger partial charge in [0.15, 0.2) is 0 Å². The summed E-state index contributed by atoms with van der Waals surface area (Å²) in [4.78, 5) is 10.9. The molecule has 3 rings (SSSR count). The first kappa shape index (κ1) is 13.1. The van der Waals surface area contributed by atoms with Crippen molar-refractivity contribution in [1.82, 2.24) is 9.97 Å². The van der Waals surface area contributed by atoms with E-state index in [1.54, 1.807) is 19.4 Å². The molecule has 1 fully saturated rings. The number of ether oxygens (including phenoxy) is 1. The Kier molecular flexibility index (Phi) is 3.42. The van der Waals surface area contributed by atoms with Crippen LogP contribution in [0.4, 0.5) is 5.69 Å². The molecule has 2 aromatic heterocycles. The van der Waals surface area contributed by atoms with Crippen LogP contribution in [0.25, 0.3) is 11.0 Å². The molecule has 1 saturated heterocycles. The monoisotopic (exact) mass is 274 g/mol. The molecule has 0 amide bonds. The number of aromatic nitrogens is 2. The highest BCUT2D eigenvalue weighted by molar-refractivity contribution is 5.88. The number of fused-ring (bicyclic) bond motifs is 1. The summed E-state index contributed by atoms with van der Waals surface area (Å²) < 4.78 is 5.18. The zero-order chi connectivity index (χ0) is 14.1. The van der Waals surface area contributed by atoms with Crippen LogP contribution in [0.2, 0.25) is 0 Å². The Morgan fingerprint density at radius 1 is 1.40 bits per heavy atom. The van der Waals surface area contributed by atoms with Gasteiger partial charge in [0.25, 0.3) is 0 Å². The Bertz CT molecular complexity index is 619. The minimum absolute atomic E-state index is 0.101. The first-order valence-corrected chi connectivity index (χ1v) is 6.65. The fraction of sp³-hybridized carbons (Fsp3) is 0.429. The Hall–Kier alpha value is -1.92. The molecule has 0 spiro atoms. The van der Waals surface area contributed by atoms with Crippen molar-refractivity contribution in [2.45, 2.75) is 6.10 Å². The quantitative estimate of drug-likeness (QED) is 0.842. The molecule has 1 aliphatic rings. The van der Waals surface area contributed by atoms with E-state index in [1.165, 1.54) is 0 Å². The molecule has 0 saturated carbocycles. The maximum Gasteiger partial charge on any atom is 0.213 e. The van der Waals surface area contributed by atoms with Crippen LogP contribution < -0.4 is 15.4 Å². The van der Waals surface area contributed by atoms with Crippen molar-refractivity contribution in [3.8, 4) is 5.88 Å². The van der Waals surface area contributed by atoms with Crippen LogP contribution in [0, 0.1) is 5.92 Å². The standard InChI is InChI=1S/C14H18N4O2/c1-20-13-3-2-10-14(17-13)11(4-5-16-10)18-7-9(6-15)12(19)8-18/h2-5,9,12,19H,6-8,15H2,1H3. The number of rotatable bonds is 3. The third-order valence-electron chi connectivity index (χ3n) is 3.80. The van der Waals surface area contributed by atoms with E-state index in [2.05, 4.69) is 14.9 Å². The van der Waals surface area contributed by atoms with Crippen molar-refractivity contribution in [2.75, 3.05) is 31.6 Å². The molecule has 0 aromatic carbocycles. The number of methoxy groups -OCH3 is 1. The van der Waals surface area contributed by atoms with Gasteiger partial charge in [0.2, 0.25) is 5.88 Å². The molecular weight excluding hydrogens is 256 g/mol. The van der Waals surface area contributed by atoms with E-state index in [-0.39, 0.29) is 5.92 Å². The minimum Gasteiger partial charge on any atom is -0.481 e. The lowest BCUT2D eigenvalue weighted by molar-refractivity contribution is 0.152. The summed E-state index contributed by atoms with van der Waals surface area (Å²) in [5.74, 6) is 0.658. The number of β-amino-alcohol motifs (C(OH)–C–C–N with tert-alkyl or cyclic N) is 1. The Morgan fingerprint density at radius 3 is 2.95 bits per heavy atom. The summed E-state index contributed by atoms with van der Waals surface area (Å²) in [6.45, 7) is 1.78. The summed E-state index contributed by atoms with van der Waals surface area (Å²) >= 11 is 0. The fourth-order valence-corrected chi connectivity index (χ4v) is 2.65. The average Bonchev–Trinajstić information content (AvgIpc) is 2.87. The third-order valence-corrected chi connectivity index (χ3v) is 3.80. The molecule has 1 aliphatic heterocycles. The molecule has 2 unspecified atom stereocenters. The van der Waals surface area contributed by atoms with Gasteiger partial charge in [-0.3, -0.25) is 4.98 Å². The molecule has 0 radical (unpaired) electrons. The maximum absolute atomic E-state index is 10.0. The van der Waals surface area contributed by atoms with Crippen LogP contribution >= 0.6 is 0 Å². The number of aliphatic hydroxyl groups excluding tert-OH is 1. The van der Waals surface area contributed by atoms with E-state index in [9.17, 15) is 5.11 Å². The van der Waals surface area contributed by atoms with Gasteiger partial charge >= 0.3 is 0 Å².